The number of nitrogens with one attached hydrogen (secondary N) is 1. The van der Waals surface area contributed by atoms with Crippen molar-refractivity contribution in [2.75, 3.05) is 23.4 Å². The Morgan fingerprint density at radius 1 is 1.41 bits per heavy atom. The van der Waals surface area contributed by atoms with E-state index in [2.05, 4.69) is 10.4 Å². The van der Waals surface area contributed by atoms with Crippen LogP contribution in [0.5, 0.6) is 5.75 Å². The molecule has 2 aromatic rings. The number of benzene rings is 1. The van der Waals surface area contributed by atoms with Crippen LogP contribution in [0.1, 0.15) is 41.6 Å². The van der Waals surface area contributed by atoms with Gasteiger partial charge in [0.15, 0.2) is 16.4 Å². The van der Waals surface area contributed by atoms with E-state index in [1.54, 1.807) is 22.9 Å². The van der Waals surface area contributed by atoms with Crippen LogP contribution in [0, 0.1) is 6.92 Å². The van der Waals surface area contributed by atoms with Crippen LogP contribution in [-0.4, -0.2) is 48.1 Å². The Hall–Kier alpha value is -2.88. The van der Waals surface area contributed by atoms with Gasteiger partial charge in [0.05, 0.1) is 23.2 Å². The molecule has 1 aromatic heterocycles. The smallest absolute Gasteiger partial charge is 0.255 e. The van der Waals surface area contributed by atoms with E-state index in [0.717, 1.165) is 16.8 Å². The Morgan fingerprint density at radius 2 is 2.21 bits per heavy atom. The molecule has 0 unspecified atom stereocenters. The summed E-state index contributed by atoms with van der Waals surface area (Å²) in [5.41, 5.74) is 7.61. The molecule has 1 aromatic carbocycles. The molecule has 4 rings (SSSR count). The van der Waals surface area contributed by atoms with E-state index >= 15 is 0 Å². The van der Waals surface area contributed by atoms with E-state index in [1.807, 2.05) is 13.0 Å². The number of sulfone groups is 1. The van der Waals surface area contributed by atoms with Crippen molar-refractivity contribution in [2.24, 2.45) is 5.73 Å². The predicted octanol–water partition coefficient (Wildman–Crippen LogP) is 0.889. The first-order valence-electron chi connectivity index (χ1n) is 9.34. The zero-order chi connectivity index (χ0) is 20.8. The maximum Gasteiger partial charge on any atom is 0.255 e. The molecule has 2 aliphatic rings. The van der Waals surface area contributed by atoms with Crippen molar-refractivity contribution < 1.29 is 22.7 Å². The number of anilines is 1. The second kappa shape index (κ2) is 7.18. The molecule has 1 saturated heterocycles. The molecule has 154 valence electrons. The summed E-state index contributed by atoms with van der Waals surface area (Å²) in [5, 5.41) is 7.46. The highest BCUT2D eigenvalue weighted by atomic mass is 32.2. The molecule has 0 saturated carbocycles. The van der Waals surface area contributed by atoms with Gasteiger partial charge in [0.25, 0.3) is 5.91 Å². The summed E-state index contributed by atoms with van der Waals surface area (Å²) >= 11 is 0. The molecule has 3 N–H and O–H groups in total. The summed E-state index contributed by atoms with van der Waals surface area (Å²) < 4.78 is 30.9. The number of fused-ring (bicyclic) bond motifs is 1. The van der Waals surface area contributed by atoms with Crippen molar-refractivity contribution in [3.8, 4) is 5.75 Å². The maximum absolute atomic E-state index is 12.5. The molecule has 2 amide bonds. The summed E-state index contributed by atoms with van der Waals surface area (Å²) in [7, 11) is -3.09. The van der Waals surface area contributed by atoms with Crippen LogP contribution in [0.15, 0.2) is 24.3 Å². The number of hydrogen-bond acceptors (Lipinski definition) is 6. The highest BCUT2D eigenvalue weighted by Gasteiger charge is 2.37. The summed E-state index contributed by atoms with van der Waals surface area (Å²) in [6.07, 6.45) is 0.717. The van der Waals surface area contributed by atoms with Crippen molar-refractivity contribution in [3.05, 3.63) is 41.1 Å². The fourth-order valence-electron chi connectivity index (χ4n) is 4.07. The van der Waals surface area contributed by atoms with Gasteiger partial charge < -0.3 is 15.8 Å². The van der Waals surface area contributed by atoms with E-state index in [9.17, 15) is 18.0 Å². The van der Waals surface area contributed by atoms with E-state index in [0.29, 0.717) is 18.0 Å². The van der Waals surface area contributed by atoms with Crippen LogP contribution in [0.4, 0.5) is 5.82 Å². The lowest BCUT2D eigenvalue weighted by Gasteiger charge is -2.25. The first-order valence-corrected chi connectivity index (χ1v) is 11.2. The van der Waals surface area contributed by atoms with Gasteiger partial charge in [-0.25, -0.2) is 13.1 Å². The van der Waals surface area contributed by atoms with Crippen LogP contribution < -0.4 is 15.8 Å². The fourth-order valence-corrected chi connectivity index (χ4v) is 5.76. The lowest BCUT2D eigenvalue weighted by atomic mass is 9.85. The van der Waals surface area contributed by atoms with Gasteiger partial charge in [-0.2, -0.15) is 5.10 Å². The number of carbonyl (C=O) groups excluding carboxylic acids is 2. The Morgan fingerprint density at radius 3 is 2.90 bits per heavy atom. The van der Waals surface area contributed by atoms with Crippen molar-refractivity contribution >= 4 is 27.5 Å². The van der Waals surface area contributed by atoms with Crippen LogP contribution in [0.2, 0.25) is 0 Å². The number of nitrogens with zero attached hydrogens (tertiary/aromatic N) is 2. The minimum Gasteiger partial charge on any atom is -0.484 e. The van der Waals surface area contributed by atoms with Crippen molar-refractivity contribution in [1.82, 2.24) is 9.78 Å². The van der Waals surface area contributed by atoms with Gasteiger partial charge in [-0.15, -0.1) is 0 Å². The van der Waals surface area contributed by atoms with E-state index in [4.69, 9.17) is 10.5 Å². The van der Waals surface area contributed by atoms with E-state index < -0.39 is 15.7 Å². The third kappa shape index (κ3) is 3.84. The van der Waals surface area contributed by atoms with E-state index in [1.165, 1.54) is 0 Å². The second-order valence-corrected chi connectivity index (χ2v) is 9.71. The first kappa shape index (κ1) is 19.4. The van der Waals surface area contributed by atoms with Crippen LogP contribution in [-0.2, 0) is 19.4 Å². The zero-order valence-electron chi connectivity index (χ0n) is 15.9. The highest BCUT2D eigenvalue weighted by molar-refractivity contribution is 7.91. The number of aryl methyl sites for hydroxylation is 1. The number of aromatic nitrogens is 2. The number of ether oxygens (including phenoxy) is 1. The third-order valence-electron chi connectivity index (χ3n) is 5.32. The van der Waals surface area contributed by atoms with Gasteiger partial charge in [-0.3, -0.25) is 9.59 Å². The Balaban J connectivity index is 1.71. The SMILES string of the molecule is Cc1nn([C@H]2CCS(=O)(=O)C2)c2c1[C@@H](c1cccc(OCC(N)=O)c1)CC(=O)N2. The molecule has 29 heavy (non-hydrogen) atoms. The second-order valence-electron chi connectivity index (χ2n) is 7.48. The number of nitrogens with two attached hydrogens (primary N) is 1. The Kier molecular flexibility index (Phi) is 4.81. The number of carbonyl (C=O) groups is 2. The molecular formula is C19H22N4O5S. The van der Waals surface area contributed by atoms with E-state index in [-0.39, 0.29) is 42.4 Å². The van der Waals surface area contributed by atoms with Crippen molar-refractivity contribution in [1.29, 1.82) is 0 Å². The summed E-state index contributed by atoms with van der Waals surface area (Å²) in [6, 6.07) is 6.90. The van der Waals surface area contributed by atoms with Crippen molar-refractivity contribution in [3.63, 3.8) is 0 Å². The van der Waals surface area contributed by atoms with Crippen LogP contribution >= 0.6 is 0 Å². The predicted molar refractivity (Wildman–Crippen MR) is 105 cm³/mol. The fraction of sp³-hybridized carbons (Fsp3) is 0.421. The minimum atomic E-state index is -3.09. The topological polar surface area (TPSA) is 133 Å². The molecule has 0 radical (unpaired) electrons. The molecule has 0 aliphatic carbocycles. The summed E-state index contributed by atoms with van der Waals surface area (Å²) in [6.45, 7) is 1.63. The summed E-state index contributed by atoms with van der Waals surface area (Å²) in [5.74, 6) is 0.225. The number of primary amides is 1. The van der Waals surface area contributed by atoms with Crippen LogP contribution in [0.25, 0.3) is 0 Å². The van der Waals surface area contributed by atoms with Gasteiger partial charge in [-0.1, -0.05) is 12.1 Å². The molecular weight excluding hydrogens is 396 g/mol. The number of rotatable bonds is 5. The van der Waals surface area contributed by atoms with Gasteiger partial charge in [-0.05, 0) is 31.0 Å². The number of hydrogen-bond donors (Lipinski definition) is 2. The lowest BCUT2D eigenvalue weighted by molar-refractivity contribution is -0.120. The molecule has 1 fully saturated rings. The molecule has 2 atom stereocenters. The van der Waals surface area contributed by atoms with Crippen molar-refractivity contribution in [2.45, 2.75) is 31.7 Å². The molecule has 10 heteroatoms. The quantitative estimate of drug-likeness (QED) is 0.741. The molecule has 3 heterocycles. The Labute approximate surface area is 168 Å². The normalized spacial score (nSPS) is 22.7. The van der Waals surface area contributed by atoms with Gasteiger partial charge in [0.1, 0.15) is 11.6 Å². The number of amides is 2. The largest absolute Gasteiger partial charge is 0.484 e. The molecule has 2 aliphatic heterocycles. The Bertz CT molecular complexity index is 1090. The minimum absolute atomic E-state index is 0.0253. The maximum atomic E-state index is 12.5. The lowest BCUT2D eigenvalue weighted by Crippen LogP contribution is -2.26. The van der Waals surface area contributed by atoms with Gasteiger partial charge in [0.2, 0.25) is 5.91 Å². The van der Waals surface area contributed by atoms with Gasteiger partial charge in [0, 0.05) is 17.9 Å². The van der Waals surface area contributed by atoms with Gasteiger partial charge >= 0.3 is 0 Å². The molecule has 9 nitrogen and oxygen atoms in total. The van der Waals surface area contributed by atoms with Crippen LogP contribution in [0.3, 0.4) is 0 Å². The highest BCUT2D eigenvalue weighted by Crippen LogP contribution is 2.42. The zero-order valence-corrected chi connectivity index (χ0v) is 16.7. The standard InChI is InChI=1S/C19H22N4O5S/c1-11-18-15(12-3-2-4-14(7-12)28-9-16(20)24)8-17(25)21-19(18)23(22-11)13-5-6-29(26,27)10-13/h2-4,7,13,15H,5-6,8-10H2,1H3,(H2,20,24)(H,21,25)/t13-,15+/m0/s1. The average Bonchev–Trinajstić information content (AvgIpc) is 3.19. The molecule has 0 spiro atoms. The summed E-state index contributed by atoms with van der Waals surface area (Å²) in [4.78, 5) is 23.4. The first-order chi connectivity index (χ1) is 13.7. The average molecular weight is 418 g/mol. The molecule has 0 bridgehead atoms. The third-order valence-corrected chi connectivity index (χ3v) is 7.07. The monoisotopic (exact) mass is 418 g/mol.